The van der Waals surface area contributed by atoms with Crippen LogP contribution in [-0.4, -0.2) is 6.21 Å². The van der Waals surface area contributed by atoms with Crippen molar-refractivity contribution in [3.05, 3.63) is 84.0 Å². The fourth-order valence-corrected chi connectivity index (χ4v) is 2.24. The predicted molar refractivity (Wildman–Crippen MR) is 85.8 cm³/mol. The largest absolute Gasteiger partial charge is 0.279 e. The molecule has 0 spiro atoms. The number of hydrogen-bond donors (Lipinski definition) is 1. The van der Waals surface area contributed by atoms with Crippen molar-refractivity contribution in [2.24, 2.45) is 5.10 Å². The van der Waals surface area contributed by atoms with Crippen molar-refractivity contribution in [2.75, 3.05) is 5.43 Å². The van der Waals surface area contributed by atoms with Crippen LogP contribution >= 0.6 is 0 Å². The lowest BCUT2D eigenvalue weighted by Gasteiger charge is -2.06. The second-order valence-corrected chi connectivity index (χ2v) is 4.65. The third-order valence-corrected chi connectivity index (χ3v) is 3.25. The Morgan fingerprint density at radius 2 is 1.75 bits per heavy atom. The summed E-state index contributed by atoms with van der Waals surface area (Å²) in [7, 11) is 0. The fraction of sp³-hybridized carbons (Fsp3) is 0.0556. The van der Waals surface area contributed by atoms with E-state index in [-0.39, 0.29) is 0 Å². The summed E-state index contributed by atoms with van der Waals surface area (Å²) in [5.74, 6) is 0. The van der Waals surface area contributed by atoms with Crippen molar-refractivity contribution >= 4 is 17.5 Å². The second-order valence-electron chi connectivity index (χ2n) is 4.65. The van der Waals surface area contributed by atoms with Crippen molar-refractivity contribution in [1.29, 1.82) is 0 Å². The quantitative estimate of drug-likeness (QED) is 0.636. The molecule has 0 saturated heterocycles. The van der Waals surface area contributed by atoms with E-state index in [1.54, 1.807) is 0 Å². The summed E-state index contributed by atoms with van der Waals surface area (Å²) in [6, 6.07) is 18.3. The Balaban J connectivity index is 1.77. The monoisotopic (exact) mass is 260 g/mol. The fourth-order valence-electron chi connectivity index (χ4n) is 2.24. The predicted octanol–water partition coefficient (Wildman–Crippen LogP) is 4.48. The van der Waals surface area contributed by atoms with E-state index in [0.717, 1.165) is 17.7 Å². The molecule has 0 aromatic heterocycles. The number of hydrazone groups is 1. The average Bonchev–Trinajstić information content (AvgIpc) is 3.03. The Morgan fingerprint density at radius 3 is 2.55 bits per heavy atom. The Kier molecular flexibility index (Phi) is 3.74. The van der Waals surface area contributed by atoms with Crippen LogP contribution in [0.5, 0.6) is 0 Å². The molecule has 0 unspecified atom stereocenters. The summed E-state index contributed by atoms with van der Waals surface area (Å²) in [4.78, 5) is 0. The Labute approximate surface area is 119 Å². The lowest BCUT2D eigenvalue weighted by molar-refractivity contribution is 1.34. The van der Waals surface area contributed by atoms with Crippen molar-refractivity contribution in [2.45, 2.75) is 6.42 Å². The summed E-state index contributed by atoms with van der Waals surface area (Å²) >= 11 is 0. The minimum absolute atomic E-state index is 0.989. The molecule has 0 radical (unpaired) electrons. The van der Waals surface area contributed by atoms with Crippen molar-refractivity contribution < 1.29 is 0 Å². The van der Waals surface area contributed by atoms with E-state index in [1.807, 2.05) is 42.6 Å². The van der Waals surface area contributed by atoms with Crippen LogP contribution < -0.4 is 5.43 Å². The first kappa shape index (κ1) is 12.4. The molecule has 2 heteroatoms. The summed E-state index contributed by atoms with van der Waals surface area (Å²) in [5.41, 5.74) is 7.75. The summed E-state index contributed by atoms with van der Waals surface area (Å²) in [6.45, 7) is 0. The van der Waals surface area contributed by atoms with E-state index < -0.39 is 0 Å². The molecule has 0 saturated carbocycles. The van der Waals surface area contributed by atoms with Crippen LogP contribution in [0.3, 0.4) is 0 Å². The van der Waals surface area contributed by atoms with Crippen LogP contribution in [0.2, 0.25) is 0 Å². The molecule has 0 amide bonds. The van der Waals surface area contributed by atoms with Gasteiger partial charge in [-0.2, -0.15) is 5.10 Å². The van der Waals surface area contributed by atoms with Gasteiger partial charge in [0.25, 0.3) is 0 Å². The van der Waals surface area contributed by atoms with Gasteiger partial charge < -0.3 is 0 Å². The number of hydrogen-bond acceptors (Lipinski definition) is 2. The zero-order valence-corrected chi connectivity index (χ0v) is 11.2. The van der Waals surface area contributed by atoms with Crippen molar-refractivity contribution in [1.82, 2.24) is 0 Å². The number of nitrogens with one attached hydrogen (secondary N) is 1. The highest BCUT2D eigenvalue weighted by molar-refractivity contribution is 5.89. The molecule has 1 aliphatic rings. The van der Waals surface area contributed by atoms with Crippen LogP contribution in [-0.2, 0) is 0 Å². The third-order valence-electron chi connectivity index (χ3n) is 3.25. The molecule has 2 aromatic rings. The van der Waals surface area contributed by atoms with Gasteiger partial charge in [0.05, 0.1) is 11.9 Å². The Hall–Kier alpha value is -2.61. The number of allylic oxidation sites excluding steroid dienone is 4. The number of nitrogens with zero attached hydrogens (tertiary/aromatic N) is 1. The molecule has 0 heterocycles. The Bertz CT molecular complexity index is 667. The van der Waals surface area contributed by atoms with Gasteiger partial charge in [-0.15, -0.1) is 0 Å². The maximum atomic E-state index is 4.32. The van der Waals surface area contributed by atoms with Crippen LogP contribution in [0.1, 0.15) is 17.5 Å². The van der Waals surface area contributed by atoms with Gasteiger partial charge in [-0.25, -0.2) is 0 Å². The highest BCUT2D eigenvalue weighted by Gasteiger charge is 2.06. The standard InChI is InChI=1S/C18H16N2/c1-2-11-17(12-3-1)20-19-14-16-10-6-7-13-18(16)15-8-4-5-9-15/h1-8,10-14,20H,9H2/b19-14+. The topological polar surface area (TPSA) is 24.4 Å². The highest BCUT2D eigenvalue weighted by atomic mass is 15.3. The van der Waals surface area contributed by atoms with Crippen LogP contribution in [0.25, 0.3) is 5.57 Å². The first-order chi connectivity index (χ1) is 9.93. The van der Waals surface area contributed by atoms with Gasteiger partial charge in [0, 0.05) is 5.56 Å². The third kappa shape index (κ3) is 2.86. The molecular weight excluding hydrogens is 244 g/mol. The van der Waals surface area contributed by atoms with E-state index >= 15 is 0 Å². The first-order valence-corrected chi connectivity index (χ1v) is 6.73. The second kappa shape index (κ2) is 6.02. The highest BCUT2D eigenvalue weighted by Crippen LogP contribution is 2.25. The zero-order chi connectivity index (χ0) is 13.6. The number of anilines is 1. The van der Waals surface area contributed by atoms with Crippen LogP contribution in [0, 0.1) is 0 Å². The molecule has 0 bridgehead atoms. The van der Waals surface area contributed by atoms with Crippen molar-refractivity contribution in [3.63, 3.8) is 0 Å². The maximum absolute atomic E-state index is 4.32. The van der Waals surface area contributed by atoms with Crippen LogP contribution in [0.15, 0.2) is 77.9 Å². The van der Waals surface area contributed by atoms with E-state index in [0.29, 0.717) is 0 Å². The number of benzene rings is 2. The van der Waals surface area contributed by atoms with Gasteiger partial charge in [-0.1, -0.05) is 60.7 Å². The van der Waals surface area contributed by atoms with Gasteiger partial charge in [0.15, 0.2) is 0 Å². The molecule has 98 valence electrons. The molecular formula is C18H16N2. The molecule has 20 heavy (non-hydrogen) atoms. The normalized spacial score (nSPS) is 13.7. The number of rotatable bonds is 4. The molecule has 3 rings (SSSR count). The molecule has 2 aromatic carbocycles. The van der Waals surface area contributed by atoms with Gasteiger partial charge in [0.2, 0.25) is 0 Å². The molecule has 1 N–H and O–H groups in total. The van der Waals surface area contributed by atoms with Gasteiger partial charge in [-0.05, 0) is 29.7 Å². The van der Waals surface area contributed by atoms with E-state index in [4.69, 9.17) is 0 Å². The molecule has 0 atom stereocenters. The summed E-state index contributed by atoms with van der Waals surface area (Å²) < 4.78 is 0. The first-order valence-electron chi connectivity index (χ1n) is 6.73. The molecule has 0 fully saturated rings. The smallest absolute Gasteiger partial charge is 0.0561 e. The van der Waals surface area contributed by atoms with Crippen LogP contribution in [0.4, 0.5) is 5.69 Å². The minimum atomic E-state index is 0.989. The van der Waals surface area contributed by atoms with Gasteiger partial charge in [0.1, 0.15) is 0 Å². The molecule has 1 aliphatic carbocycles. The average molecular weight is 260 g/mol. The summed E-state index contributed by atoms with van der Waals surface area (Å²) in [5, 5.41) is 4.32. The minimum Gasteiger partial charge on any atom is -0.279 e. The molecule has 2 nitrogen and oxygen atoms in total. The lowest BCUT2D eigenvalue weighted by Crippen LogP contribution is -1.94. The van der Waals surface area contributed by atoms with Crippen molar-refractivity contribution in [3.8, 4) is 0 Å². The molecule has 0 aliphatic heterocycles. The SMILES string of the molecule is C1=CCC(c2ccccc2/C=N/Nc2ccccc2)=C1. The Morgan fingerprint density at radius 1 is 0.950 bits per heavy atom. The maximum Gasteiger partial charge on any atom is 0.0561 e. The van der Waals surface area contributed by atoms with E-state index in [1.165, 1.54) is 11.1 Å². The lowest BCUT2D eigenvalue weighted by atomic mass is 10.00. The van der Waals surface area contributed by atoms with E-state index in [9.17, 15) is 0 Å². The summed E-state index contributed by atoms with van der Waals surface area (Å²) in [6.07, 6.45) is 9.31. The zero-order valence-electron chi connectivity index (χ0n) is 11.2. The number of para-hydroxylation sites is 1. The van der Waals surface area contributed by atoms with E-state index in [2.05, 4.69) is 47.0 Å². The van der Waals surface area contributed by atoms with Gasteiger partial charge in [-0.3, -0.25) is 5.43 Å². The van der Waals surface area contributed by atoms with Gasteiger partial charge >= 0.3 is 0 Å².